The fourth-order valence-electron chi connectivity index (χ4n) is 2.18. The van der Waals surface area contributed by atoms with Crippen LogP contribution < -0.4 is 0 Å². The lowest BCUT2D eigenvalue weighted by atomic mass is 10.0. The van der Waals surface area contributed by atoms with Gasteiger partial charge in [0.1, 0.15) is 5.75 Å². The Hall–Kier alpha value is -1.10. The molecule has 1 aromatic carbocycles. The highest BCUT2D eigenvalue weighted by molar-refractivity contribution is 5.25. The van der Waals surface area contributed by atoms with Gasteiger partial charge in [0.15, 0.2) is 0 Å². The van der Waals surface area contributed by atoms with E-state index in [0.29, 0.717) is 19.0 Å². The van der Waals surface area contributed by atoms with Gasteiger partial charge < -0.3 is 20.1 Å². The third-order valence-electron chi connectivity index (χ3n) is 3.48. The molecule has 0 aliphatic carbocycles. The Morgan fingerprint density at radius 3 is 1.83 bits per heavy atom. The predicted molar refractivity (Wildman–Crippen MR) is 94.8 cm³/mol. The monoisotopic (exact) mass is 326 g/mol. The molecule has 4 heteroatoms. The number of aromatic hydroxyl groups is 1. The van der Waals surface area contributed by atoms with Crippen molar-refractivity contribution >= 4 is 0 Å². The van der Waals surface area contributed by atoms with E-state index in [-0.39, 0.29) is 13.2 Å². The van der Waals surface area contributed by atoms with Crippen molar-refractivity contribution in [3.63, 3.8) is 0 Å². The minimum Gasteiger partial charge on any atom is -0.508 e. The zero-order valence-corrected chi connectivity index (χ0v) is 14.5. The summed E-state index contributed by atoms with van der Waals surface area (Å²) in [6, 6.07) is 7.59. The molecule has 23 heavy (non-hydrogen) atoms. The van der Waals surface area contributed by atoms with Crippen LogP contribution in [-0.4, -0.2) is 41.7 Å². The lowest BCUT2D eigenvalue weighted by molar-refractivity contribution is 0.0650. The normalized spacial score (nSPS) is 10.2. The number of phenols is 1. The summed E-state index contributed by atoms with van der Waals surface area (Å²) in [5.41, 5.74) is 1.34. The van der Waals surface area contributed by atoms with E-state index in [1.807, 2.05) is 12.1 Å². The van der Waals surface area contributed by atoms with Crippen LogP contribution in [0, 0.1) is 0 Å². The van der Waals surface area contributed by atoms with E-state index in [1.54, 1.807) is 12.1 Å². The molecular formula is C19H34O4. The van der Waals surface area contributed by atoms with Crippen molar-refractivity contribution in [3.8, 4) is 5.75 Å². The van der Waals surface area contributed by atoms with E-state index >= 15 is 0 Å². The summed E-state index contributed by atoms with van der Waals surface area (Å²) in [6.45, 7) is 2.95. The maximum Gasteiger partial charge on any atom is 0.115 e. The molecule has 1 rings (SSSR count). The molecular weight excluding hydrogens is 292 g/mol. The van der Waals surface area contributed by atoms with Crippen molar-refractivity contribution in [1.29, 1.82) is 0 Å². The highest BCUT2D eigenvalue weighted by atomic mass is 16.5. The number of hydrogen-bond acceptors (Lipinski definition) is 4. The molecule has 0 atom stereocenters. The number of aliphatic hydroxyl groups is 2. The number of ether oxygens (including phenoxy) is 1. The van der Waals surface area contributed by atoms with E-state index in [4.69, 9.17) is 15.3 Å². The van der Waals surface area contributed by atoms with Gasteiger partial charge in [-0.1, -0.05) is 57.6 Å². The lowest BCUT2D eigenvalue weighted by Gasteiger charge is -2.02. The topological polar surface area (TPSA) is 69.9 Å². The van der Waals surface area contributed by atoms with Gasteiger partial charge in [-0.05, 0) is 30.5 Å². The predicted octanol–water partition coefficient (Wildman–Crippen LogP) is 3.67. The highest BCUT2D eigenvalue weighted by Gasteiger charge is 1.94. The van der Waals surface area contributed by atoms with Crippen LogP contribution in [-0.2, 0) is 11.2 Å². The van der Waals surface area contributed by atoms with Crippen molar-refractivity contribution in [2.75, 3.05) is 26.4 Å². The Bertz CT molecular complexity index is 334. The lowest BCUT2D eigenvalue weighted by Crippen LogP contribution is -2.03. The first kappa shape index (κ1) is 21.9. The molecule has 0 aromatic heterocycles. The number of unbranched alkanes of at least 4 members (excludes halogenated alkanes) is 6. The highest BCUT2D eigenvalue weighted by Crippen LogP contribution is 2.13. The summed E-state index contributed by atoms with van der Waals surface area (Å²) < 4.78 is 4.63. The Labute approximate surface area is 141 Å². The van der Waals surface area contributed by atoms with Crippen LogP contribution in [0.3, 0.4) is 0 Å². The first-order valence-electron chi connectivity index (χ1n) is 8.82. The van der Waals surface area contributed by atoms with Gasteiger partial charge in [-0.25, -0.2) is 0 Å². The van der Waals surface area contributed by atoms with Gasteiger partial charge in [0.25, 0.3) is 0 Å². The van der Waals surface area contributed by atoms with Crippen LogP contribution in [0.1, 0.15) is 57.4 Å². The summed E-state index contributed by atoms with van der Waals surface area (Å²) in [7, 11) is 0. The van der Waals surface area contributed by atoms with Crippen LogP contribution in [0.4, 0.5) is 0 Å². The number of hydrogen-bond donors (Lipinski definition) is 3. The molecule has 0 saturated carbocycles. The maximum absolute atomic E-state index is 9.15. The largest absolute Gasteiger partial charge is 0.508 e. The van der Waals surface area contributed by atoms with Crippen LogP contribution in [0.5, 0.6) is 5.75 Å². The SMILES string of the molecule is CCCCCCCCCc1ccc(O)cc1.OCCOCCO. The second kappa shape index (κ2) is 17.3. The molecule has 4 nitrogen and oxygen atoms in total. The molecule has 0 aliphatic rings. The zero-order valence-electron chi connectivity index (χ0n) is 14.5. The molecule has 0 spiro atoms. The number of rotatable bonds is 12. The number of benzene rings is 1. The van der Waals surface area contributed by atoms with Gasteiger partial charge in [-0.15, -0.1) is 0 Å². The Kier molecular flexibility index (Phi) is 16.4. The Morgan fingerprint density at radius 2 is 1.30 bits per heavy atom. The average molecular weight is 326 g/mol. The standard InChI is InChI=1S/C15H24O.C4H10O3/c1-2-3-4-5-6-7-8-9-14-10-12-15(16)13-11-14;5-1-3-7-4-2-6/h10-13,16H,2-9H2,1H3;5-6H,1-4H2. The average Bonchev–Trinajstić information content (AvgIpc) is 2.57. The van der Waals surface area contributed by atoms with Gasteiger partial charge in [-0.2, -0.15) is 0 Å². The van der Waals surface area contributed by atoms with Crippen LogP contribution in [0.2, 0.25) is 0 Å². The molecule has 0 radical (unpaired) electrons. The molecule has 0 bridgehead atoms. The van der Waals surface area contributed by atoms with Gasteiger partial charge in [0.05, 0.1) is 26.4 Å². The summed E-state index contributed by atoms with van der Waals surface area (Å²) >= 11 is 0. The van der Waals surface area contributed by atoms with Gasteiger partial charge in [0.2, 0.25) is 0 Å². The van der Waals surface area contributed by atoms with Crippen molar-refractivity contribution in [2.45, 2.75) is 58.3 Å². The molecule has 0 amide bonds. The first-order chi connectivity index (χ1) is 11.2. The second-order valence-electron chi connectivity index (χ2n) is 5.60. The molecule has 1 aromatic rings. The third-order valence-corrected chi connectivity index (χ3v) is 3.48. The van der Waals surface area contributed by atoms with E-state index in [2.05, 4.69) is 11.7 Å². The summed E-state index contributed by atoms with van der Waals surface area (Å²) in [6.07, 6.45) is 10.6. The summed E-state index contributed by atoms with van der Waals surface area (Å²) in [5, 5.41) is 25.3. The molecule has 134 valence electrons. The minimum atomic E-state index is 0.0278. The van der Waals surface area contributed by atoms with Crippen LogP contribution in [0.25, 0.3) is 0 Å². The molecule has 0 heterocycles. The maximum atomic E-state index is 9.15. The Balaban J connectivity index is 0.000000585. The number of aryl methyl sites for hydroxylation is 1. The zero-order chi connectivity index (χ0) is 17.2. The molecule has 0 saturated heterocycles. The van der Waals surface area contributed by atoms with Crippen molar-refractivity contribution in [3.05, 3.63) is 29.8 Å². The van der Waals surface area contributed by atoms with Crippen molar-refractivity contribution in [1.82, 2.24) is 0 Å². The number of phenolic OH excluding ortho intramolecular Hbond substituents is 1. The second-order valence-corrected chi connectivity index (χ2v) is 5.60. The van der Waals surface area contributed by atoms with E-state index in [9.17, 15) is 0 Å². The smallest absolute Gasteiger partial charge is 0.115 e. The first-order valence-corrected chi connectivity index (χ1v) is 8.82. The van der Waals surface area contributed by atoms with Gasteiger partial charge in [0, 0.05) is 0 Å². The summed E-state index contributed by atoms with van der Waals surface area (Å²) in [5.74, 6) is 0.364. The quantitative estimate of drug-likeness (QED) is 0.513. The van der Waals surface area contributed by atoms with Crippen molar-refractivity contribution < 1.29 is 20.1 Å². The van der Waals surface area contributed by atoms with E-state index < -0.39 is 0 Å². The van der Waals surface area contributed by atoms with Gasteiger partial charge >= 0.3 is 0 Å². The molecule has 0 aliphatic heterocycles. The Morgan fingerprint density at radius 1 is 0.783 bits per heavy atom. The van der Waals surface area contributed by atoms with E-state index in [0.717, 1.165) is 6.42 Å². The third kappa shape index (κ3) is 15.6. The fraction of sp³-hybridized carbons (Fsp3) is 0.684. The molecule has 0 unspecified atom stereocenters. The summed E-state index contributed by atoms with van der Waals surface area (Å²) in [4.78, 5) is 0. The minimum absolute atomic E-state index is 0.0278. The van der Waals surface area contributed by atoms with Crippen molar-refractivity contribution in [2.24, 2.45) is 0 Å². The molecule has 0 fully saturated rings. The fourth-order valence-corrected chi connectivity index (χ4v) is 2.18. The van der Waals surface area contributed by atoms with E-state index in [1.165, 1.54) is 50.5 Å². The molecule has 3 N–H and O–H groups in total. The number of aliphatic hydroxyl groups excluding tert-OH is 2. The van der Waals surface area contributed by atoms with Gasteiger partial charge in [-0.3, -0.25) is 0 Å². The van der Waals surface area contributed by atoms with Crippen LogP contribution in [0.15, 0.2) is 24.3 Å². The van der Waals surface area contributed by atoms with Crippen LogP contribution >= 0.6 is 0 Å².